The van der Waals surface area contributed by atoms with E-state index in [9.17, 15) is 0 Å². The van der Waals surface area contributed by atoms with Crippen LogP contribution in [0.5, 0.6) is 0 Å². The standard InChI is InChI=1S/C20H44P.BrH/c1-5-9-10-11-12-13-14-15-16-17-18-19-20-21(6-2,7-3)8-4;/h5-20H2,1-4H3;1H/q+1;/p-1. The van der Waals surface area contributed by atoms with E-state index in [4.69, 9.17) is 0 Å². The molecule has 2 heteroatoms. The van der Waals surface area contributed by atoms with Crippen molar-refractivity contribution in [3.05, 3.63) is 0 Å². The average Bonchev–Trinajstić information content (AvgIpc) is 2.53. The van der Waals surface area contributed by atoms with Crippen LogP contribution in [-0.4, -0.2) is 24.6 Å². The van der Waals surface area contributed by atoms with Crippen molar-refractivity contribution < 1.29 is 17.0 Å². The summed E-state index contributed by atoms with van der Waals surface area (Å²) in [6, 6.07) is 0. The maximum absolute atomic E-state index is 2.43. The first-order valence-electron chi connectivity index (χ1n) is 10.1. The van der Waals surface area contributed by atoms with Crippen molar-refractivity contribution in [2.45, 2.75) is 105 Å². The van der Waals surface area contributed by atoms with Crippen LogP contribution in [0.15, 0.2) is 0 Å². The first kappa shape index (κ1) is 25.2. The van der Waals surface area contributed by atoms with Gasteiger partial charge in [0.2, 0.25) is 0 Å². The Bertz CT molecular complexity index is 194. The summed E-state index contributed by atoms with van der Waals surface area (Å²) in [5.74, 6) is 0. The summed E-state index contributed by atoms with van der Waals surface area (Å²) in [5, 5.41) is 0. The van der Waals surface area contributed by atoms with Gasteiger partial charge in [-0.05, 0) is 33.6 Å². The molecule has 0 saturated heterocycles. The molecule has 0 nitrogen and oxygen atoms in total. The van der Waals surface area contributed by atoms with E-state index in [2.05, 4.69) is 27.7 Å². The lowest BCUT2D eigenvalue weighted by Gasteiger charge is -2.23. The highest BCUT2D eigenvalue weighted by atomic mass is 79.9. The zero-order valence-corrected chi connectivity index (χ0v) is 18.6. The largest absolute Gasteiger partial charge is 1.00 e. The average molecular weight is 395 g/mol. The molecule has 0 N–H and O–H groups in total. The Morgan fingerprint density at radius 3 is 1.09 bits per heavy atom. The van der Waals surface area contributed by atoms with E-state index < -0.39 is 7.26 Å². The molecule has 0 rings (SSSR count). The van der Waals surface area contributed by atoms with Gasteiger partial charge in [0.1, 0.15) is 0 Å². The molecule has 136 valence electrons. The van der Waals surface area contributed by atoms with Gasteiger partial charge in [-0.2, -0.15) is 0 Å². The molecule has 0 fully saturated rings. The summed E-state index contributed by atoms with van der Waals surface area (Å²) in [5.41, 5.74) is 0. The first-order valence-corrected chi connectivity index (χ1v) is 12.6. The lowest BCUT2D eigenvalue weighted by Crippen LogP contribution is -3.00. The van der Waals surface area contributed by atoms with Crippen LogP contribution in [0.1, 0.15) is 105 Å². The van der Waals surface area contributed by atoms with Crippen LogP contribution in [0.4, 0.5) is 0 Å². The summed E-state index contributed by atoms with van der Waals surface area (Å²) < 4.78 is 0. The minimum absolute atomic E-state index is 0. The van der Waals surface area contributed by atoms with Crippen LogP contribution in [-0.2, 0) is 0 Å². The van der Waals surface area contributed by atoms with Crippen molar-refractivity contribution in [3.63, 3.8) is 0 Å². The van der Waals surface area contributed by atoms with Crippen molar-refractivity contribution in [3.8, 4) is 0 Å². The molecule has 0 aromatic carbocycles. The number of rotatable bonds is 16. The maximum atomic E-state index is 2.43. The third-order valence-corrected chi connectivity index (χ3v) is 10.8. The van der Waals surface area contributed by atoms with Crippen LogP contribution in [0.25, 0.3) is 0 Å². The van der Waals surface area contributed by atoms with Gasteiger partial charge in [0.05, 0.1) is 24.6 Å². The fourth-order valence-electron chi connectivity index (χ4n) is 3.43. The minimum Gasteiger partial charge on any atom is -1.00 e. The van der Waals surface area contributed by atoms with Crippen molar-refractivity contribution in [1.29, 1.82) is 0 Å². The van der Waals surface area contributed by atoms with Gasteiger partial charge in [0, 0.05) is 7.26 Å². The Morgan fingerprint density at radius 2 is 0.773 bits per heavy atom. The molecule has 0 radical (unpaired) electrons. The van der Waals surface area contributed by atoms with Crippen LogP contribution in [0.2, 0.25) is 0 Å². The van der Waals surface area contributed by atoms with Gasteiger partial charge in [0.15, 0.2) is 0 Å². The highest BCUT2D eigenvalue weighted by Gasteiger charge is 2.29. The molecule has 0 bridgehead atoms. The first-order chi connectivity index (χ1) is 10.2. The van der Waals surface area contributed by atoms with E-state index in [1.165, 1.54) is 95.5 Å². The van der Waals surface area contributed by atoms with E-state index in [0.717, 1.165) is 0 Å². The molecule has 0 saturated carbocycles. The zero-order valence-electron chi connectivity index (χ0n) is 16.1. The topological polar surface area (TPSA) is 0 Å². The van der Waals surface area contributed by atoms with Crippen molar-refractivity contribution in [2.75, 3.05) is 24.6 Å². The predicted molar refractivity (Wildman–Crippen MR) is 104 cm³/mol. The lowest BCUT2D eigenvalue weighted by atomic mass is 10.1. The van der Waals surface area contributed by atoms with Crippen molar-refractivity contribution in [1.82, 2.24) is 0 Å². The van der Waals surface area contributed by atoms with Crippen LogP contribution >= 0.6 is 7.26 Å². The summed E-state index contributed by atoms with van der Waals surface area (Å²) in [4.78, 5) is 0. The second kappa shape index (κ2) is 18.3. The molecular formula is C20H44BrP. The van der Waals surface area contributed by atoms with Crippen LogP contribution < -0.4 is 17.0 Å². The molecule has 0 aromatic heterocycles. The van der Waals surface area contributed by atoms with Crippen LogP contribution in [0, 0.1) is 0 Å². The number of halogens is 1. The quantitative estimate of drug-likeness (QED) is 0.261. The zero-order chi connectivity index (χ0) is 15.8. The summed E-state index contributed by atoms with van der Waals surface area (Å²) >= 11 is 0. The Morgan fingerprint density at radius 1 is 0.455 bits per heavy atom. The van der Waals surface area contributed by atoms with Gasteiger partial charge in [-0.3, -0.25) is 0 Å². The molecule has 0 aliphatic heterocycles. The summed E-state index contributed by atoms with van der Waals surface area (Å²) in [6.45, 7) is 9.59. The van der Waals surface area contributed by atoms with Gasteiger partial charge >= 0.3 is 0 Å². The van der Waals surface area contributed by atoms with Gasteiger partial charge in [-0.1, -0.05) is 71.1 Å². The normalized spacial score (nSPS) is 11.5. The predicted octanol–water partition coefficient (Wildman–Crippen LogP) is 4.77. The highest BCUT2D eigenvalue weighted by Crippen LogP contribution is 2.58. The third kappa shape index (κ3) is 13.4. The van der Waals surface area contributed by atoms with E-state index in [-0.39, 0.29) is 17.0 Å². The molecule has 22 heavy (non-hydrogen) atoms. The Hall–Kier alpha value is 0.910. The summed E-state index contributed by atoms with van der Waals surface area (Å²) in [7, 11) is -0.519. The molecule has 0 aliphatic carbocycles. The van der Waals surface area contributed by atoms with Crippen LogP contribution in [0.3, 0.4) is 0 Å². The molecule has 0 spiro atoms. The monoisotopic (exact) mass is 394 g/mol. The van der Waals surface area contributed by atoms with E-state index >= 15 is 0 Å². The molecule has 0 aromatic rings. The number of hydrogen-bond donors (Lipinski definition) is 0. The molecule has 0 unspecified atom stereocenters. The van der Waals surface area contributed by atoms with Crippen molar-refractivity contribution in [2.24, 2.45) is 0 Å². The SMILES string of the molecule is CCCCCCCCCCCCCC[P+](CC)(CC)CC.[Br-]. The van der Waals surface area contributed by atoms with Gasteiger partial charge in [-0.25, -0.2) is 0 Å². The second-order valence-electron chi connectivity index (χ2n) is 6.90. The Kier molecular flexibility index (Phi) is 20.9. The van der Waals surface area contributed by atoms with E-state index in [1.54, 1.807) is 6.16 Å². The fourth-order valence-corrected chi connectivity index (χ4v) is 6.62. The maximum Gasteiger partial charge on any atom is 0.0594 e. The minimum atomic E-state index is -0.519. The second-order valence-corrected chi connectivity index (χ2v) is 11.9. The Balaban J connectivity index is 0. The van der Waals surface area contributed by atoms with Crippen molar-refractivity contribution >= 4 is 7.26 Å². The van der Waals surface area contributed by atoms with Gasteiger partial charge in [-0.15, -0.1) is 0 Å². The third-order valence-electron chi connectivity index (χ3n) is 5.50. The fraction of sp³-hybridized carbons (Fsp3) is 1.00. The van der Waals surface area contributed by atoms with Gasteiger partial charge < -0.3 is 17.0 Å². The Labute approximate surface area is 153 Å². The van der Waals surface area contributed by atoms with Gasteiger partial charge in [0.25, 0.3) is 0 Å². The van der Waals surface area contributed by atoms with E-state index in [1.807, 2.05) is 0 Å². The number of unbranched alkanes of at least 4 members (excludes halogenated alkanes) is 11. The lowest BCUT2D eigenvalue weighted by molar-refractivity contribution is -0.00000487. The van der Waals surface area contributed by atoms with E-state index in [0.29, 0.717) is 0 Å². The smallest absolute Gasteiger partial charge is 0.0594 e. The molecule has 0 aliphatic rings. The molecular weight excluding hydrogens is 351 g/mol. The molecule has 0 atom stereocenters. The highest BCUT2D eigenvalue weighted by molar-refractivity contribution is 7.75. The molecule has 0 heterocycles. The molecule has 0 amide bonds. The summed E-state index contributed by atoms with van der Waals surface area (Å²) in [6.07, 6.45) is 23.7. The number of hydrogen-bond acceptors (Lipinski definition) is 0.